The van der Waals surface area contributed by atoms with Crippen LogP contribution in [0.5, 0.6) is 11.5 Å². The van der Waals surface area contributed by atoms with Crippen LogP contribution in [-0.4, -0.2) is 25.4 Å². The van der Waals surface area contributed by atoms with Crippen LogP contribution in [0.1, 0.15) is 17.3 Å². The van der Waals surface area contributed by atoms with Gasteiger partial charge in [0.05, 0.1) is 6.61 Å². The van der Waals surface area contributed by atoms with Gasteiger partial charge in [-0.15, -0.1) is 0 Å². The zero-order chi connectivity index (χ0) is 17.5. The molecular formula is C17H15F2NO4. The molecule has 0 saturated heterocycles. The van der Waals surface area contributed by atoms with E-state index in [2.05, 4.69) is 5.32 Å². The summed E-state index contributed by atoms with van der Waals surface area (Å²) in [5.41, 5.74) is 0.529. The standard InChI is InChI=1S/C17H15F2NO4/c1-2-23-16-7-11(9-21)3-6-15(16)24-10-17(22)20-12-4-5-13(18)14(19)8-12/h3-9H,2,10H2,1H3,(H,20,22). The van der Waals surface area contributed by atoms with Gasteiger partial charge in [-0.1, -0.05) is 0 Å². The average Bonchev–Trinajstić information content (AvgIpc) is 2.57. The molecule has 0 aliphatic heterocycles. The first-order chi connectivity index (χ1) is 11.5. The highest BCUT2D eigenvalue weighted by molar-refractivity contribution is 5.91. The van der Waals surface area contributed by atoms with E-state index < -0.39 is 17.5 Å². The fourth-order valence-corrected chi connectivity index (χ4v) is 1.90. The Kier molecular flexibility index (Phi) is 5.83. The lowest BCUT2D eigenvalue weighted by Gasteiger charge is -2.12. The molecule has 0 aromatic heterocycles. The van der Waals surface area contributed by atoms with Crippen molar-refractivity contribution in [2.24, 2.45) is 0 Å². The highest BCUT2D eigenvalue weighted by atomic mass is 19.2. The zero-order valence-electron chi connectivity index (χ0n) is 12.8. The number of carbonyl (C=O) groups is 2. The molecule has 7 heteroatoms. The second-order valence-corrected chi connectivity index (χ2v) is 4.72. The average molecular weight is 335 g/mol. The first kappa shape index (κ1) is 17.4. The molecule has 0 aliphatic rings. The molecule has 24 heavy (non-hydrogen) atoms. The van der Waals surface area contributed by atoms with Gasteiger partial charge in [0.25, 0.3) is 5.91 Å². The number of ether oxygens (including phenoxy) is 2. The molecule has 2 aromatic carbocycles. The molecule has 0 aliphatic carbocycles. The van der Waals surface area contributed by atoms with Crippen molar-refractivity contribution in [3.8, 4) is 11.5 Å². The maximum Gasteiger partial charge on any atom is 0.262 e. The van der Waals surface area contributed by atoms with Gasteiger partial charge in [0, 0.05) is 17.3 Å². The SMILES string of the molecule is CCOc1cc(C=O)ccc1OCC(=O)Nc1ccc(F)c(F)c1. The van der Waals surface area contributed by atoms with Crippen molar-refractivity contribution in [2.75, 3.05) is 18.5 Å². The Bertz CT molecular complexity index is 749. The van der Waals surface area contributed by atoms with Gasteiger partial charge >= 0.3 is 0 Å². The molecule has 1 amide bonds. The van der Waals surface area contributed by atoms with Crippen LogP contribution in [0.25, 0.3) is 0 Å². The Balaban J connectivity index is 2.00. The van der Waals surface area contributed by atoms with Gasteiger partial charge in [-0.3, -0.25) is 9.59 Å². The number of halogens is 2. The number of hydrogen-bond donors (Lipinski definition) is 1. The van der Waals surface area contributed by atoms with Crippen molar-refractivity contribution < 1.29 is 27.8 Å². The molecule has 126 valence electrons. The predicted octanol–water partition coefficient (Wildman–Crippen LogP) is 3.19. The fraction of sp³-hybridized carbons (Fsp3) is 0.176. The number of hydrogen-bond acceptors (Lipinski definition) is 4. The number of rotatable bonds is 7. The molecule has 0 unspecified atom stereocenters. The van der Waals surface area contributed by atoms with Crippen LogP contribution < -0.4 is 14.8 Å². The van der Waals surface area contributed by atoms with Crippen LogP contribution in [0.3, 0.4) is 0 Å². The van der Waals surface area contributed by atoms with E-state index >= 15 is 0 Å². The summed E-state index contributed by atoms with van der Waals surface area (Å²) in [5, 5.41) is 2.39. The Morgan fingerprint density at radius 1 is 1.08 bits per heavy atom. The van der Waals surface area contributed by atoms with Crippen LogP contribution in [0.4, 0.5) is 14.5 Å². The van der Waals surface area contributed by atoms with E-state index in [4.69, 9.17) is 9.47 Å². The summed E-state index contributed by atoms with van der Waals surface area (Å²) >= 11 is 0. The van der Waals surface area contributed by atoms with E-state index in [1.807, 2.05) is 0 Å². The second-order valence-electron chi connectivity index (χ2n) is 4.72. The Morgan fingerprint density at radius 3 is 2.54 bits per heavy atom. The fourth-order valence-electron chi connectivity index (χ4n) is 1.90. The van der Waals surface area contributed by atoms with Crippen molar-refractivity contribution >= 4 is 17.9 Å². The molecule has 0 heterocycles. The molecule has 0 saturated carbocycles. The van der Waals surface area contributed by atoms with Gasteiger partial charge < -0.3 is 14.8 Å². The summed E-state index contributed by atoms with van der Waals surface area (Å²) in [4.78, 5) is 22.6. The maximum absolute atomic E-state index is 13.1. The minimum atomic E-state index is -1.06. The molecule has 5 nitrogen and oxygen atoms in total. The predicted molar refractivity (Wildman–Crippen MR) is 83.5 cm³/mol. The van der Waals surface area contributed by atoms with Crippen LogP contribution >= 0.6 is 0 Å². The van der Waals surface area contributed by atoms with Gasteiger partial charge in [-0.25, -0.2) is 8.78 Å². The third-order valence-electron chi connectivity index (χ3n) is 2.97. The van der Waals surface area contributed by atoms with Gasteiger partial charge in [0.1, 0.15) is 6.29 Å². The van der Waals surface area contributed by atoms with E-state index in [1.54, 1.807) is 6.92 Å². The number of carbonyl (C=O) groups excluding carboxylic acids is 2. The summed E-state index contributed by atoms with van der Waals surface area (Å²) in [6.45, 7) is 1.77. The summed E-state index contributed by atoms with van der Waals surface area (Å²) in [7, 11) is 0. The van der Waals surface area contributed by atoms with Crippen molar-refractivity contribution in [3.63, 3.8) is 0 Å². The number of aldehydes is 1. The number of nitrogens with one attached hydrogen (secondary N) is 1. The van der Waals surface area contributed by atoms with Crippen molar-refractivity contribution in [2.45, 2.75) is 6.92 Å². The van der Waals surface area contributed by atoms with Crippen LogP contribution in [0.2, 0.25) is 0 Å². The topological polar surface area (TPSA) is 64.6 Å². The van der Waals surface area contributed by atoms with Crippen molar-refractivity contribution in [3.05, 3.63) is 53.6 Å². The molecule has 0 atom stereocenters. The highest BCUT2D eigenvalue weighted by Crippen LogP contribution is 2.28. The van der Waals surface area contributed by atoms with E-state index in [0.29, 0.717) is 30.0 Å². The van der Waals surface area contributed by atoms with Crippen molar-refractivity contribution in [1.29, 1.82) is 0 Å². The largest absolute Gasteiger partial charge is 0.490 e. The molecule has 0 spiro atoms. The minimum Gasteiger partial charge on any atom is -0.490 e. The Morgan fingerprint density at radius 2 is 1.88 bits per heavy atom. The normalized spacial score (nSPS) is 10.1. The molecule has 2 rings (SSSR count). The lowest BCUT2D eigenvalue weighted by molar-refractivity contribution is -0.118. The summed E-state index contributed by atoms with van der Waals surface area (Å²) in [5.74, 6) is -1.98. The number of amides is 1. The van der Waals surface area contributed by atoms with Gasteiger partial charge in [-0.2, -0.15) is 0 Å². The molecule has 2 aromatic rings. The highest BCUT2D eigenvalue weighted by Gasteiger charge is 2.10. The van der Waals surface area contributed by atoms with E-state index in [9.17, 15) is 18.4 Å². The summed E-state index contributed by atoms with van der Waals surface area (Å²) in [6, 6.07) is 7.56. The maximum atomic E-state index is 13.1. The number of anilines is 1. The Labute approximate surface area is 137 Å². The third kappa shape index (κ3) is 4.52. The lowest BCUT2D eigenvalue weighted by Crippen LogP contribution is -2.20. The summed E-state index contributed by atoms with van der Waals surface area (Å²) in [6.07, 6.45) is 0.669. The first-order valence-corrected chi connectivity index (χ1v) is 7.13. The van der Waals surface area contributed by atoms with Gasteiger partial charge in [0.2, 0.25) is 0 Å². The smallest absolute Gasteiger partial charge is 0.262 e. The van der Waals surface area contributed by atoms with E-state index in [1.165, 1.54) is 24.3 Å². The van der Waals surface area contributed by atoms with Crippen LogP contribution in [0, 0.1) is 11.6 Å². The third-order valence-corrected chi connectivity index (χ3v) is 2.97. The summed E-state index contributed by atoms with van der Waals surface area (Å²) < 4.78 is 36.6. The molecule has 1 N–H and O–H groups in total. The van der Waals surface area contributed by atoms with Gasteiger partial charge in [-0.05, 0) is 37.3 Å². The second kappa shape index (κ2) is 8.05. The molecular weight excluding hydrogens is 320 g/mol. The van der Waals surface area contributed by atoms with Gasteiger partial charge in [0.15, 0.2) is 29.7 Å². The Hall–Kier alpha value is -2.96. The van der Waals surface area contributed by atoms with E-state index in [-0.39, 0.29) is 12.3 Å². The molecule has 0 bridgehead atoms. The molecule has 0 fully saturated rings. The number of benzene rings is 2. The first-order valence-electron chi connectivity index (χ1n) is 7.13. The van der Waals surface area contributed by atoms with Crippen molar-refractivity contribution in [1.82, 2.24) is 0 Å². The van der Waals surface area contributed by atoms with Crippen LogP contribution in [0.15, 0.2) is 36.4 Å². The van der Waals surface area contributed by atoms with Crippen LogP contribution in [-0.2, 0) is 4.79 Å². The van der Waals surface area contributed by atoms with E-state index in [0.717, 1.165) is 12.1 Å². The zero-order valence-corrected chi connectivity index (χ0v) is 12.8. The minimum absolute atomic E-state index is 0.115. The quantitative estimate of drug-likeness (QED) is 0.789. The monoisotopic (exact) mass is 335 g/mol. The molecule has 0 radical (unpaired) electrons. The lowest BCUT2D eigenvalue weighted by atomic mass is 10.2.